The summed E-state index contributed by atoms with van der Waals surface area (Å²) in [4.78, 5) is 3.93. The maximum Gasteiger partial charge on any atom is 0.138 e. The van der Waals surface area contributed by atoms with Crippen LogP contribution in [0.1, 0.15) is 0 Å². The quantitative estimate of drug-likeness (QED) is 0.731. The third kappa shape index (κ3) is 1.64. The Hall–Kier alpha value is -2.63. The van der Waals surface area contributed by atoms with Crippen LogP contribution >= 0.6 is 0 Å². The van der Waals surface area contributed by atoms with Crippen molar-refractivity contribution in [3.8, 4) is 16.8 Å². The van der Waals surface area contributed by atoms with Gasteiger partial charge in [0.05, 0.1) is 11.9 Å². The van der Waals surface area contributed by atoms with Crippen LogP contribution in [0.15, 0.2) is 43.1 Å². The zero-order valence-electron chi connectivity index (χ0n) is 9.85. The minimum Gasteiger partial charge on any atom is -0.383 e. The standard InChI is InChI=1S/C12H12N6/c1-17-12(13)11(6-15-17)9-3-2-4-10(5-9)18-8-14-7-16-18/h2-8H,13H2,1H3. The highest BCUT2D eigenvalue weighted by Gasteiger charge is 2.08. The average Bonchev–Trinajstić information content (AvgIpc) is 3.02. The highest BCUT2D eigenvalue weighted by Crippen LogP contribution is 2.26. The summed E-state index contributed by atoms with van der Waals surface area (Å²) in [6, 6.07) is 7.92. The minimum atomic E-state index is 0.644. The maximum atomic E-state index is 5.97. The van der Waals surface area contributed by atoms with E-state index in [1.807, 2.05) is 31.3 Å². The van der Waals surface area contributed by atoms with Gasteiger partial charge >= 0.3 is 0 Å². The summed E-state index contributed by atoms with van der Waals surface area (Å²) in [5, 5.41) is 8.24. The lowest BCUT2D eigenvalue weighted by atomic mass is 10.1. The lowest BCUT2D eigenvalue weighted by molar-refractivity contribution is 0.779. The molecule has 18 heavy (non-hydrogen) atoms. The topological polar surface area (TPSA) is 74.5 Å². The van der Waals surface area contributed by atoms with Crippen LogP contribution in [0, 0.1) is 0 Å². The van der Waals surface area contributed by atoms with E-state index in [1.165, 1.54) is 6.33 Å². The van der Waals surface area contributed by atoms with E-state index in [9.17, 15) is 0 Å². The second-order valence-electron chi connectivity index (χ2n) is 3.96. The fraction of sp³-hybridized carbons (Fsp3) is 0.0833. The van der Waals surface area contributed by atoms with E-state index < -0.39 is 0 Å². The normalized spacial score (nSPS) is 10.7. The molecule has 0 spiro atoms. The van der Waals surface area contributed by atoms with Gasteiger partial charge in [0.25, 0.3) is 0 Å². The fourth-order valence-corrected chi connectivity index (χ4v) is 1.83. The molecule has 0 bridgehead atoms. The van der Waals surface area contributed by atoms with Crippen molar-refractivity contribution in [2.75, 3.05) is 5.73 Å². The van der Waals surface area contributed by atoms with Gasteiger partial charge in [0.2, 0.25) is 0 Å². The smallest absolute Gasteiger partial charge is 0.138 e. The van der Waals surface area contributed by atoms with Crippen molar-refractivity contribution >= 4 is 5.82 Å². The molecule has 2 aromatic heterocycles. The van der Waals surface area contributed by atoms with Crippen molar-refractivity contribution in [3.63, 3.8) is 0 Å². The van der Waals surface area contributed by atoms with Crippen LogP contribution in [0.2, 0.25) is 0 Å². The van der Waals surface area contributed by atoms with Crippen molar-refractivity contribution in [1.82, 2.24) is 24.5 Å². The third-order valence-corrected chi connectivity index (χ3v) is 2.83. The molecule has 0 aliphatic heterocycles. The average molecular weight is 240 g/mol. The summed E-state index contributed by atoms with van der Waals surface area (Å²) >= 11 is 0. The molecule has 3 aromatic rings. The number of rotatable bonds is 2. The van der Waals surface area contributed by atoms with Crippen LogP contribution in [0.4, 0.5) is 5.82 Å². The molecule has 0 amide bonds. The molecule has 2 heterocycles. The van der Waals surface area contributed by atoms with E-state index in [2.05, 4.69) is 15.2 Å². The summed E-state index contributed by atoms with van der Waals surface area (Å²) in [6.07, 6.45) is 4.92. The number of hydrogen-bond donors (Lipinski definition) is 1. The first-order valence-electron chi connectivity index (χ1n) is 5.48. The van der Waals surface area contributed by atoms with Crippen molar-refractivity contribution in [2.24, 2.45) is 7.05 Å². The van der Waals surface area contributed by atoms with Crippen molar-refractivity contribution in [3.05, 3.63) is 43.1 Å². The zero-order chi connectivity index (χ0) is 12.5. The summed E-state index contributed by atoms with van der Waals surface area (Å²) in [5.74, 6) is 0.644. The van der Waals surface area contributed by atoms with Crippen LogP contribution in [0.5, 0.6) is 0 Å². The van der Waals surface area contributed by atoms with Crippen LogP contribution in [-0.2, 0) is 7.05 Å². The van der Waals surface area contributed by atoms with Gasteiger partial charge in [-0.15, -0.1) is 0 Å². The van der Waals surface area contributed by atoms with Crippen molar-refractivity contribution in [1.29, 1.82) is 0 Å². The van der Waals surface area contributed by atoms with E-state index in [0.717, 1.165) is 16.8 Å². The van der Waals surface area contributed by atoms with Gasteiger partial charge in [-0.05, 0) is 17.7 Å². The molecule has 1 aromatic carbocycles. The van der Waals surface area contributed by atoms with E-state index in [1.54, 1.807) is 21.9 Å². The van der Waals surface area contributed by atoms with Crippen LogP contribution in [-0.4, -0.2) is 24.5 Å². The van der Waals surface area contributed by atoms with Gasteiger partial charge < -0.3 is 5.73 Å². The summed E-state index contributed by atoms with van der Waals surface area (Å²) in [7, 11) is 1.82. The molecule has 0 atom stereocenters. The molecule has 90 valence electrons. The largest absolute Gasteiger partial charge is 0.383 e. The highest BCUT2D eigenvalue weighted by molar-refractivity contribution is 5.74. The van der Waals surface area contributed by atoms with E-state index in [-0.39, 0.29) is 0 Å². The van der Waals surface area contributed by atoms with Gasteiger partial charge in [-0.3, -0.25) is 4.68 Å². The molecular weight excluding hydrogens is 228 g/mol. The molecule has 6 heteroatoms. The number of aryl methyl sites for hydroxylation is 1. The first-order valence-corrected chi connectivity index (χ1v) is 5.48. The molecule has 0 saturated heterocycles. The number of benzene rings is 1. The highest BCUT2D eigenvalue weighted by atomic mass is 15.3. The molecule has 2 N–H and O–H groups in total. The van der Waals surface area contributed by atoms with E-state index in [0.29, 0.717) is 5.82 Å². The Morgan fingerprint density at radius 2 is 2.11 bits per heavy atom. The molecule has 0 radical (unpaired) electrons. The lowest BCUT2D eigenvalue weighted by Crippen LogP contribution is -1.98. The van der Waals surface area contributed by atoms with Crippen LogP contribution in [0.25, 0.3) is 16.8 Å². The Bertz CT molecular complexity index is 668. The number of nitrogen functional groups attached to an aromatic ring is 1. The van der Waals surface area contributed by atoms with Gasteiger partial charge in [0, 0.05) is 12.6 Å². The molecule has 3 rings (SSSR count). The van der Waals surface area contributed by atoms with Gasteiger partial charge in [-0.25, -0.2) is 9.67 Å². The Morgan fingerprint density at radius 3 is 2.78 bits per heavy atom. The summed E-state index contributed by atoms with van der Waals surface area (Å²) < 4.78 is 3.35. The van der Waals surface area contributed by atoms with Gasteiger partial charge in [0.15, 0.2) is 0 Å². The monoisotopic (exact) mass is 240 g/mol. The van der Waals surface area contributed by atoms with Gasteiger partial charge in [-0.1, -0.05) is 12.1 Å². The second kappa shape index (κ2) is 3.99. The van der Waals surface area contributed by atoms with Crippen LogP contribution in [0.3, 0.4) is 0 Å². The molecule has 0 unspecified atom stereocenters. The SMILES string of the molecule is Cn1ncc(-c2cccc(-n3cncn3)c2)c1N. The molecular formula is C12H12N6. The third-order valence-electron chi connectivity index (χ3n) is 2.83. The predicted octanol–water partition coefficient (Wildman–Crippen LogP) is 1.25. The van der Waals surface area contributed by atoms with Gasteiger partial charge in [0.1, 0.15) is 18.5 Å². The maximum absolute atomic E-state index is 5.97. The summed E-state index contributed by atoms with van der Waals surface area (Å²) in [5.41, 5.74) is 8.83. The fourth-order valence-electron chi connectivity index (χ4n) is 1.83. The molecule has 6 nitrogen and oxygen atoms in total. The van der Waals surface area contributed by atoms with Crippen molar-refractivity contribution in [2.45, 2.75) is 0 Å². The minimum absolute atomic E-state index is 0.644. The first-order chi connectivity index (χ1) is 8.75. The number of hydrogen-bond acceptors (Lipinski definition) is 4. The first kappa shape index (κ1) is 10.5. The molecule has 0 fully saturated rings. The molecule has 0 saturated carbocycles. The van der Waals surface area contributed by atoms with Gasteiger partial charge in [-0.2, -0.15) is 10.2 Å². The number of aromatic nitrogens is 5. The number of nitrogens with zero attached hydrogens (tertiary/aromatic N) is 5. The Labute approximate surface area is 104 Å². The van der Waals surface area contributed by atoms with E-state index in [4.69, 9.17) is 5.73 Å². The molecule has 0 aliphatic rings. The predicted molar refractivity (Wildman–Crippen MR) is 68.0 cm³/mol. The number of nitrogens with two attached hydrogens (primary N) is 1. The summed E-state index contributed by atoms with van der Waals surface area (Å²) in [6.45, 7) is 0. The Balaban J connectivity index is 2.09. The molecule has 0 aliphatic carbocycles. The Kier molecular flexibility index (Phi) is 2.33. The van der Waals surface area contributed by atoms with Crippen molar-refractivity contribution < 1.29 is 0 Å². The van der Waals surface area contributed by atoms with Crippen LogP contribution < -0.4 is 5.73 Å². The Morgan fingerprint density at radius 1 is 1.22 bits per heavy atom. The second-order valence-corrected chi connectivity index (χ2v) is 3.96. The zero-order valence-corrected chi connectivity index (χ0v) is 9.85. The van der Waals surface area contributed by atoms with E-state index >= 15 is 0 Å². The number of anilines is 1. The lowest BCUT2D eigenvalue weighted by Gasteiger charge is -2.04.